The highest BCUT2D eigenvalue weighted by molar-refractivity contribution is 6.36. The van der Waals surface area contributed by atoms with E-state index in [1.165, 1.54) is 5.01 Å². The first-order valence-electron chi connectivity index (χ1n) is 8.04. The molecule has 0 unspecified atom stereocenters. The van der Waals surface area contributed by atoms with Gasteiger partial charge in [0.15, 0.2) is 5.76 Å². The second-order valence-electron chi connectivity index (χ2n) is 5.51. The number of anilines is 1. The van der Waals surface area contributed by atoms with Crippen molar-refractivity contribution < 1.29 is 9.21 Å². The molecule has 1 aromatic carbocycles. The highest BCUT2D eigenvalue weighted by atomic mass is 16.3. The molecule has 2 aromatic heterocycles. The Kier molecular flexibility index (Phi) is 3.78. The predicted molar refractivity (Wildman–Crippen MR) is 95.1 cm³/mol. The first kappa shape index (κ1) is 15.1. The lowest BCUT2D eigenvalue weighted by Crippen LogP contribution is -2.21. The quantitative estimate of drug-likeness (QED) is 0.688. The molecule has 1 aliphatic rings. The van der Waals surface area contributed by atoms with Crippen molar-refractivity contribution in [2.45, 2.75) is 13.5 Å². The Bertz CT molecular complexity index is 952. The topological polar surface area (TPSA) is 63.6 Å². The molecule has 3 aromatic rings. The van der Waals surface area contributed by atoms with Crippen molar-refractivity contribution in [3.8, 4) is 0 Å². The number of aromatic nitrogens is 2. The molecule has 25 heavy (non-hydrogen) atoms. The maximum atomic E-state index is 13.0. The smallest absolute Gasteiger partial charge is 0.281 e. The van der Waals surface area contributed by atoms with Gasteiger partial charge in [0.25, 0.3) is 5.91 Å². The summed E-state index contributed by atoms with van der Waals surface area (Å²) in [7, 11) is 0. The van der Waals surface area contributed by atoms with Gasteiger partial charge in [-0.05, 0) is 43.3 Å². The molecule has 0 bridgehead atoms. The largest absolute Gasteiger partial charge is 0.463 e. The standard InChI is InChI=1S/C19H16N4O2/c1-2-22-15(10-11-20-22)13-16-18(17-9-6-12-25-17)21-23(19(16)24)14-7-4-3-5-8-14/h3-13H,2H2,1H3/b16-13+. The number of hydrazone groups is 1. The van der Waals surface area contributed by atoms with Crippen molar-refractivity contribution in [2.75, 3.05) is 5.01 Å². The number of hydrogen-bond acceptors (Lipinski definition) is 4. The molecule has 0 saturated carbocycles. The summed E-state index contributed by atoms with van der Waals surface area (Å²) in [5, 5.41) is 10.2. The van der Waals surface area contributed by atoms with Crippen molar-refractivity contribution >= 4 is 23.4 Å². The van der Waals surface area contributed by atoms with Gasteiger partial charge >= 0.3 is 0 Å². The van der Waals surface area contributed by atoms with E-state index in [0.29, 0.717) is 22.7 Å². The van der Waals surface area contributed by atoms with Crippen LogP contribution in [-0.4, -0.2) is 21.4 Å². The Balaban J connectivity index is 1.82. The van der Waals surface area contributed by atoms with Crippen molar-refractivity contribution in [1.29, 1.82) is 0 Å². The first-order chi connectivity index (χ1) is 12.3. The molecule has 124 valence electrons. The molecule has 1 aliphatic heterocycles. The summed E-state index contributed by atoms with van der Waals surface area (Å²) in [5.41, 5.74) is 2.56. The summed E-state index contributed by atoms with van der Waals surface area (Å²) in [5.74, 6) is 0.363. The molecular formula is C19H16N4O2. The van der Waals surface area contributed by atoms with Crippen LogP contribution in [0.5, 0.6) is 0 Å². The highest BCUT2D eigenvalue weighted by Gasteiger charge is 2.33. The number of furan rings is 1. The average molecular weight is 332 g/mol. The number of para-hydroxylation sites is 1. The van der Waals surface area contributed by atoms with Crippen LogP contribution in [0.1, 0.15) is 18.4 Å². The maximum absolute atomic E-state index is 13.0. The summed E-state index contributed by atoms with van der Waals surface area (Å²) in [4.78, 5) is 13.0. The van der Waals surface area contributed by atoms with Crippen LogP contribution in [0.3, 0.4) is 0 Å². The fourth-order valence-electron chi connectivity index (χ4n) is 2.76. The molecule has 0 spiro atoms. The number of carbonyl (C=O) groups is 1. The second kappa shape index (κ2) is 6.24. The van der Waals surface area contributed by atoms with Gasteiger partial charge in [0.2, 0.25) is 0 Å². The lowest BCUT2D eigenvalue weighted by molar-refractivity contribution is -0.114. The van der Waals surface area contributed by atoms with Crippen LogP contribution in [0.25, 0.3) is 6.08 Å². The van der Waals surface area contributed by atoms with Gasteiger partial charge in [0, 0.05) is 12.7 Å². The summed E-state index contributed by atoms with van der Waals surface area (Å²) in [6.45, 7) is 2.72. The molecule has 1 amide bonds. The van der Waals surface area contributed by atoms with Crippen LogP contribution >= 0.6 is 0 Å². The molecule has 0 atom stereocenters. The van der Waals surface area contributed by atoms with Crippen molar-refractivity contribution in [3.63, 3.8) is 0 Å². The number of hydrogen-bond donors (Lipinski definition) is 0. The molecule has 0 N–H and O–H groups in total. The van der Waals surface area contributed by atoms with Gasteiger partial charge in [-0.2, -0.15) is 15.2 Å². The number of rotatable bonds is 4. The molecule has 6 heteroatoms. The third-order valence-electron chi connectivity index (χ3n) is 3.97. The number of aryl methyl sites for hydroxylation is 1. The molecule has 0 saturated heterocycles. The lowest BCUT2D eigenvalue weighted by atomic mass is 10.1. The van der Waals surface area contributed by atoms with Gasteiger partial charge < -0.3 is 4.42 Å². The predicted octanol–water partition coefficient (Wildman–Crippen LogP) is 3.33. The van der Waals surface area contributed by atoms with Gasteiger partial charge in [0.05, 0.1) is 23.2 Å². The van der Waals surface area contributed by atoms with Crippen molar-refractivity contribution in [1.82, 2.24) is 9.78 Å². The van der Waals surface area contributed by atoms with Crippen LogP contribution in [-0.2, 0) is 11.3 Å². The maximum Gasteiger partial charge on any atom is 0.281 e. The number of nitrogens with zero attached hydrogens (tertiary/aromatic N) is 4. The Morgan fingerprint density at radius 3 is 2.68 bits per heavy atom. The number of amides is 1. The van der Waals surface area contributed by atoms with Gasteiger partial charge in [-0.1, -0.05) is 18.2 Å². The number of benzene rings is 1. The van der Waals surface area contributed by atoms with Gasteiger partial charge in [0.1, 0.15) is 5.71 Å². The second-order valence-corrected chi connectivity index (χ2v) is 5.51. The monoisotopic (exact) mass is 332 g/mol. The van der Waals surface area contributed by atoms with Crippen LogP contribution in [0.2, 0.25) is 0 Å². The van der Waals surface area contributed by atoms with Crippen LogP contribution < -0.4 is 5.01 Å². The zero-order valence-corrected chi connectivity index (χ0v) is 13.7. The summed E-state index contributed by atoms with van der Waals surface area (Å²) < 4.78 is 7.31. The van der Waals surface area contributed by atoms with E-state index in [4.69, 9.17) is 4.42 Å². The fourth-order valence-corrected chi connectivity index (χ4v) is 2.76. The Morgan fingerprint density at radius 2 is 1.96 bits per heavy atom. The highest BCUT2D eigenvalue weighted by Crippen LogP contribution is 2.27. The van der Waals surface area contributed by atoms with Crippen LogP contribution in [0.4, 0.5) is 5.69 Å². The van der Waals surface area contributed by atoms with E-state index >= 15 is 0 Å². The van der Waals surface area contributed by atoms with Gasteiger partial charge in [-0.15, -0.1) is 0 Å². The minimum absolute atomic E-state index is 0.193. The summed E-state index contributed by atoms with van der Waals surface area (Å²) in [6, 6.07) is 14.8. The van der Waals surface area contributed by atoms with E-state index in [0.717, 1.165) is 12.2 Å². The molecule has 0 radical (unpaired) electrons. The molecule has 3 heterocycles. The van der Waals surface area contributed by atoms with E-state index < -0.39 is 0 Å². The van der Waals surface area contributed by atoms with E-state index in [9.17, 15) is 4.79 Å². The van der Waals surface area contributed by atoms with Crippen molar-refractivity contribution in [3.05, 3.63) is 78.0 Å². The van der Waals surface area contributed by atoms with E-state index in [2.05, 4.69) is 10.2 Å². The van der Waals surface area contributed by atoms with Crippen molar-refractivity contribution in [2.24, 2.45) is 5.10 Å². The Hall–Kier alpha value is -3.41. The zero-order valence-electron chi connectivity index (χ0n) is 13.7. The normalized spacial score (nSPS) is 15.9. The first-order valence-corrected chi connectivity index (χ1v) is 8.04. The molecular weight excluding hydrogens is 316 g/mol. The van der Waals surface area contributed by atoms with Gasteiger partial charge in [-0.25, -0.2) is 0 Å². The van der Waals surface area contributed by atoms with E-state index in [-0.39, 0.29) is 5.91 Å². The minimum Gasteiger partial charge on any atom is -0.463 e. The summed E-state index contributed by atoms with van der Waals surface area (Å²) >= 11 is 0. The zero-order chi connectivity index (χ0) is 17.2. The summed E-state index contributed by atoms with van der Waals surface area (Å²) in [6.07, 6.45) is 5.10. The van der Waals surface area contributed by atoms with Crippen LogP contribution in [0, 0.1) is 0 Å². The SMILES string of the molecule is CCn1nccc1/C=C1/C(=O)N(c2ccccc2)N=C1c1ccco1. The third kappa shape index (κ3) is 2.67. The minimum atomic E-state index is -0.193. The average Bonchev–Trinajstić information content (AvgIpc) is 3.38. The van der Waals surface area contributed by atoms with E-state index in [1.807, 2.05) is 54.1 Å². The molecule has 6 nitrogen and oxygen atoms in total. The Labute approximate surface area is 144 Å². The molecule has 4 rings (SSSR count). The Morgan fingerprint density at radius 1 is 1.12 bits per heavy atom. The molecule has 0 aliphatic carbocycles. The molecule has 0 fully saturated rings. The van der Waals surface area contributed by atoms with Crippen LogP contribution in [0.15, 0.2) is 76.1 Å². The number of carbonyl (C=O) groups excluding carboxylic acids is 1. The third-order valence-corrected chi connectivity index (χ3v) is 3.97. The fraction of sp³-hybridized carbons (Fsp3) is 0.105. The van der Waals surface area contributed by atoms with E-state index in [1.54, 1.807) is 24.6 Å². The van der Waals surface area contributed by atoms with Gasteiger partial charge in [-0.3, -0.25) is 9.48 Å². The lowest BCUT2D eigenvalue weighted by Gasteiger charge is -2.10.